The monoisotopic (exact) mass is 353 g/mol. The van der Waals surface area contributed by atoms with Gasteiger partial charge in [0.1, 0.15) is 24.0 Å². The van der Waals surface area contributed by atoms with Gasteiger partial charge in [0.15, 0.2) is 5.82 Å². The SMILES string of the molecule is COc1cc(NC2CCN(c3ncnc4cc(C)n(C)c34)CC2)ncn1. The number of piperidine rings is 1. The van der Waals surface area contributed by atoms with Gasteiger partial charge in [-0.05, 0) is 25.8 Å². The first kappa shape index (κ1) is 16.6. The van der Waals surface area contributed by atoms with Crippen LogP contribution in [0.1, 0.15) is 18.5 Å². The van der Waals surface area contributed by atoms with Gasteiger partial charge < -0.3 is 19.5 Å². The van der Waals surface area contributed by atoms with Gasteiger partial charge in [-0.2, -0.15) is 0 Å². The number of hydrogen-bond donors (Lipinski definition) is 1. The molecular formula is C18H23N7O. The Kier molecular flexibility index (Phi) is 4.32. The maximum atomic E-state index is 5.16. The molecule has 1 aliphatic heterocycles. The van der Waals surface area contributed by atoms with Gasteiger partial charge in [-0.25, -0.2) is 19.9 Å². The van der Waals surface area contributed by atoms with Gasteiger partial charge in [-0.15, -0.1) is 0 Å². The molecule has 1 fully saturated rings. The van der Waals surface area contributed by atoms with E-state index in [4.69, 9.17) is 4.74 Å². The zero-order valence-corrected chi connectivity index (χ0v) is 15.3. The topological polar surface area (TPSA) is 81.0 Å². The first-order valence-electron chi connectivity index (χ1n) is 8.80. The van der Waals surface area contributed by atoms with Crippen LogP contribution in [0.5, 0.6) is 5.88 Å². The highest BCUT2D eigenvalue weighted by atomic mass is 16.5. The van der Waals surface area contributed by atoms with Gasteiger partial charge >= 0.3 is 0 Å². The van der Waals surface area contributed by atoms with Crippen LogP contribution in [-0.4, -0.2) is 50.7 Å². The molecule has 1 saturated heterocycles. The van der Waals surface area contributed by atoms with E-state index < -0.39 is 0 Å². The molecular weight excluding hydrogens is 330 g/mol. The average Bonchev–Trinajstić information content (AvgIpc) is 2.97. The summed E-state index contributed by atoms with van der Waals surface area (Å²) < 4.78 is 7.33. The molecule has 1 aliphatic rings. The molecule has 0 amide bonds. The maximum absolute atomic E-state index is 5.16. The number of nitrogens with zero attached hydrogens (tertiary/aromatic N) is 6. The van der Waals surface area contributed by atoms with E-state index in [1.54, 1.807) is 13.4 Å². The zero-order chi connectivity index (χ0) is 18.1. The summed E-state index contributed by atoms with van der Waals surface area (Å²) in [4.78, 5) is 19.6. The first-order valence-corrected chi connectivity index (χ1v) is 8.80. The fourth-order valence-electron chi connectivity index (χ4n) is 3.49. The lowest BCUT2D eigenvalue weighted by molar-refractivity contribution is 0.397. The van der Waals surface area contributed by atoms with Crippen LogP contribution < -0.4 is 15.0 Å². The highest BCUT2D eigenvalue weighted by Gasteiger charge is 2.23. The Balaban J connectivity index is 1.47. The van der Waals surface area contributed by atoms with Crippen molar-refractivity contribution < 1.29 is 4.74 Å². The lowest BCUT2D eigenvalue weighted by Crippen LogP contribution is -2.39. The van der Waals surface area contributed by atoms with E-state index >= 15 is 0 Å². The third-order valence-electron chi connectivity index (χ3n) is 5.04. The summed E-state index contributed by atoms with van der Waals surface area (Å²) in [5.41, 5.74) is 3.30. The predicted molar refractivity (Wildman–Crippen MR) is 101 cm³/mol. The van der Waals surface area contributed by atoms with E-state index in [9.17, 15) is 0 Å². The summed E-state index contributed by atoms with van der Waals surface area (Å²) in [6, 6.07) is 4.31. The highest BCUT2D eigenvalue weighted by molar-refractivity contribution is 5.87. The Morgan fingerprint density at radius 1 is 1.08 bits per heavy atom. The van der Waals surface area contributed by atoms with Crippen LogP contribution in [-0.2, 0) is 7.05 Å². The van der Waals surface area contributed by atoms with E-state index in [0.29, 0.717) is 11.9 Å². The van der Waals surface area contributed by atoms with Crippen LogP contribution in [0.2, 0.25) is 0 Å². The molecule has 26 heavy (non-hydrogen) atoms. The molecule has 3 aromatic heterocycles. The molecule has 0 aromatic carbocycles. The fourth-order valence-corrected chi connectivity index (χ4v) is 3.49. The normalized spacial score (nSPS) is 15.4. The molecule has 1 N–H and O–H groups in total. The molecule has 0 unspecified atom stereocenters. The van der Waals surface area contributed by atoms with E-state index in [0.717, 1.165) is 48.6 Å². The van der Waals surface area contributed by atoms with E-state index in [-0.39, 0.29) is 0 Å². The molecule has 0 atom stereocenters. The van der Waals surface area contributed by atoms with Crippen molar-refractivity contribution in [1.29, 1.82) is 0 Å². The number of aromatic nitrogens is 5. The first-order chi connectivity index (χ1) is 12.7. The lowest BCUT2D eigenvalue weighted by Gasteiger charge is -2.33. The number of anilines is 2. The Labute approximate surface area is 152 Å². The minimum absolute atomic E-state index is 0.373. The quantitative estimate of drug-likeness (QED) is 0.770. The molecule has 4 rings (SSSR count). The summed E-state index contributed by atoms with van der Waals surface area (Å²) in [5, 5.41) is 3.48. The van der Waals surface area contributed by atoms with Crippen molar-refractivity contribution in [3.63, 3.8) is 0 Å². The van der Waals surface area contributed by atoms with E-state index in [1.165, 1.54) is 12.0 Å². The largest absolute Gasteiger partial charge is 0.481 e. The number of methoxy groups -OCH3 is 1. The van der Waals surface area contributed by atoms with Crippen molar-refractivity contribution in [3.05, 3.63) is 30.5 Å². The number of aryl methyl sites for hydroxylation is 2. The van der Waals surface area contributed by atoms with Crippen LogP contribution >= 0.6 is 0 Å². The van der Waals surface area contributed by atoms with Crippen LogP contribution in [0.25, 0.3) is 11.0 Å². The number of nitrogens with one attached hydrogen (secondary N) is 1. The molecule has 4 heterocycles. The van der Waals surface area contributed by atoms with Crippen molar-refractivity contribution in [2.45, 2.75) is 25.8 Å². The highest BCUT2D eigenvalue weighted by Crippen LogP contribution is 2.28. The average molecular weight is 353 g/mol. The van der Waals surface area contributed by atoms with Crippen molar-refractivity contribution in [2.24, 2.45) is 7.05 Å². The number of fused-ring (bicyclic) bond motifs is 1. The van der Waals surface area contributed by atoms with E-state index in [1.807, 2.05) is 6.07 Å². The molecule has 8 nitrogen and oxygen atoms in total. The van der Waals surface area contributed by atoms with Crippen LogP contribution in [0.3, 0.4) is 0 Å². The molecule has 0 aliphatic carbocycles. The molecule has 8 heteroatoms. The van der Waals surface area contributed by atoms with Gasteiger partial charge in [0.05, 0.1) is 12.6 Å². The Morgan fingerprint density at radius 2 is 1.85 bits per heavy atom. The van der Waals surface area contributed by atoms with Crippen molar-refractivity contribution in [2.75, 3.05) is 30.4 Å². The second-order valence-electron chi connectivity index (χ2n) is 6.63. The van der Waals surface area contributed by atoms with Gasteiger partial charge in [0.25, 0.3) is 0 Å². The third kappa shape index (κ3) is 3.02. The molecule has 0 radical (unpaired) electrons. The van der Waals surface area contributed by atoms with Crippen LogP contribution in [0.4, 0.5) is 11.6 Å². The van der Waals surface area contributed by atoms with Crippen LogP contribution in [0, 0.1) is 6.92 Å². The van der Waals surface area contributed by atoms with Gasteiger partial charge in [0, 0.05) is 37.9 Å². The molecule has 0 spiro atoms. The predicted octanol–water partition coefficient (Wildman–Crippen LogP) is 2.16. The minimum Gasteiger partial charge on any atom is -0.481 e. The zero-order valence-electron chi connectivity index (χ0n) is 15.3. The van der Waals surface area contributed by atoms with Gasteiger partial charge in [0.2, 0.25) is 5.88 Å². The molecule has 0 saturated carbocycles. The smallest absolute Gasteiger partial charge is 0.218 e. The lowest BCUT2D eigenvalue weighted by atomic mass is 10.0. The number of rotatable bonds is 4. The van der Waals surface area contributed by atoms with E-state index in [2.05, 4.69) is 54.8 Å². The molecule has 136 valence electrons. The van der Waals surface area contributed by atoms with Crippen molar-refractivity contribution in [3.8, 4) is 5.88 Å². The molecule has 0 bridgehead atoms. The Bertz CT molecular complexity index is 915. The van der Waals surface area contributed by atoms with Crippen LogP contribution in [0.15, 0.2) is 24.8 Å². The molecule has 3 aromatic rings. The minimum atomic E-state index is 0.373. The maximum Gasteiger partial charge on any atom is 0.218 e. The van der Waals surface area contributed by atoms with Gasteiger partial charge in [-0.3, -0.25) is 0 Å². The Morgan fingerprint density at radius 3 is 2.62 bits per heavy atom. The number of hydrogen-bond acceptors (Lipinski definition) is 7. The summed E-state index contributed by atoms with van der Waals surface area (Å²) >= 11 is 0. The summed E-state index contributed by atoms with van der Waals surface area (Å²) in [6.45, 7) is 3.98. The second kappa shape index (κ2) is 6.78. The van der Waals surface area contributed by atoms with Crippen molar-refractivity contribution >= 4 is 22.7 Å². The Hall–Kier alpha value is -2.90. The third-order valence-corrected chi connectivity index (χ3v) is 5.04. The second-order valence-corrected chi connectivity index (χ2v) is 6.63. The summed E-state index contributed by atoms with van der Waals surface area (Å²) in [6.07, 6.45) is 5.21. The number of ether oxygens (including phenoxy) is 1. The fraction of sp³-hybridized carbons (Fsp3) is 0.444. The van der Waals surface area contributed by atoms with Crippen molar-refractivity contribution in [1.82, 2.24) is 24.5 Å². The van der Waals surface area contributed by atoms with Gasteiger partial charge in [-0.1, -0.05) is 0 Å². The standard InChI is InChI=1S/C18H23N7O/c1-12-8-14-17(24(12)2)18(22-10-19-14)25-6-4-13(5-7-25)23-15-9-16(26-3)21-11-20-15/h8-11,13H,4-7H2,1-3H3,(H,20,21,23). The summed E-state index contributed by atoms with van der Waals surface area (Å²) in [5.74, 6) is 2.40. The summed E-state index contributed by atoms with van der Waals surface area (Å²) in [7, 11) is 3.68.